The van der Waals surface area contributed by atoms with Crippen molar-refractivity contribution in [3.05, 3.63) is 35.4 Å². The van der Waals surface area contributed by atoms with Gasteiger partial charge >= 0.3 is 0 Å². The molecule has 0 aliphatic heterocycles. The van der Waals surface area contributed by atoms with Gasteiger partial charge in [-0.15, -0.1) is 0 Å². The summed E-state index contributed by atoms with van der Waals surface area (Å²) in [5.41, 5.74) is 2.76. The summed E-state index contributed by atoms with van der Waals surface area (Å²) in [5.74, 6) is 0.724. The first-order chi connectivity index (χ1) is 7.70. The summed E-state index contributed by atoms with van der Waals surface area (Å²) in [4.78, 5) is 0. The zero-order chi connectivity index (χ0) is 11.7. The highest BCUT2D eigenvalue weighted by Gasteiger charge is 2.12. The maximum atomic E-state index is 6.07. The Hall–Kier alpha value is -1.37. The number of methoxy groups -OCH3 is 1. The van der Waals surface area contributed by atoms with Gasteiger partial charge in [0.15, 0.2) is 0 Å². The molecule has 0 bridgehead atoms. The van der Waals surface area contributed by atoms with Crippen LogP contribution in [0.15, 0.2) is 24.3 Å². The van der Waals surface area contributed by atoms with E-state index in [-0.39, 0.29) is 0 Å². The van der Waals surface area contributed by atoms with Gasteiger partial charge in [-0.2, -0.15) is 0 Å². The second-order valence-corrected chi connectivity index (χ2v) is 3.80. The average molecular weight is 206 g/mol. The molecule has 1 nitrogen and oxygen atoms in total. The predicted octanol–water partition coefficient (Wildman–Crippen LogP) is 1.62. The van der Waals surface area contributed by atoms with Crippen LogP contribution in [-0.2, 0) is 6.32 Å². The third-order valence-corrected chi connectivity index (χ3v) is 3.01. The van der Waals surface area contributed by atoms with Gasteiger partial charge in [0, 0.05) is 5.39 Å². The fourth-order valence-corrected chi connectivity index (χ4v) is 2.14. The van der Waals surface area contributed by atoms with Crippen molar-refractivity contribution in [3.8, 4) is 5.75 Å². The molecule has 0 unspecified atom stereocenters. The molecule has 0 aromatic heterocycles. The summed E-state index contributed by atoms with van der Waals surface area (Å²) in [6.45, 7) is 2.04. The minimum atomic E-state index is 0.429. The molecule has 2 rings (SSSR count). The highest BCUT2D eigenvalue weighted by molar-refractivity contribution is 6.38. The molecule has 0 saturated heterocycles. The van der Waals surface area contributed by atoms with E-state index in [4.69, 9.17) is 20.4 Å². The number of fused-ring (bicyclic) bond motifs is 1. The Morgan fingerprint density at radius 1 is 1.19 bits per heavy atom. The maximum Gasteiger partial charge on any atom is 0.119 e. The van der Waals surface area contributed by atoms with Crippen LogP contribution in [0.25, 0.3) is 10.8 Å². The smallest absolute Gasteiger partial charge is 0.119 e. The van der Waals surface area contributed by atoms with Crippen LogP contribution >= 0.6 is 0 Å². The topological polar surface area (TPSA) is 9.23 Å². The molecule has 0 heterocycles. The van der Waals surface area contributed by atoms with Gasteiger partial charge in [0.2, 0.25) is 0 Å². The lowest BCUT2D eigenvalue weighted by Crippen LogP contribution is -2.16. The summed E-state index contributed by atoms with van der Waals surface area (Å²) in [5, 5.41) is 2.19. The van der Waals surface area contributed by atoms with Crippen molar-refractivity contribution in [2.24, 2.45) is 0 Å². The van der Waals surface area contributed by atoms with Crippen molar-refractivity contribution < 1.29 is 4.74 Å². The van der Waals surface area contributed by atoms with Crippen molar-refractivity contribution >= 4 is 31.9 Å². The van der Waals surface area contributed by atoms with E-state index in [0.29, 0.717) is 11.8 Å². The largest absolute Gasteiger partial charge is 0.497 e. The molecule has 0 atom stereocenters. The van der Waals surface area contributed by atoms with Gasteiger partial charge in [-0.1, -0.05) is 41.6 Å². The standard InChI is InChI=1S/C13H12B2O/c1-8-9-5-3-4-6-10(9)13(16-2)12(15)11(8)7-14/h3-6H,7H2,1-2H3. The van der Waals surface area contributed by atoms with E-state index >= 15 is 0 Å². The summed E-state index contributed by atoms with van der Waals surface area (Å²) in [7, 11) is 13.4. The molecule has 0 aliphatic carbocycles. The zero-order valence-corrected chi connectivity index (χ0v) is 9.58. The van der Waals surface area contributed by atoms with Crippen molar-refractivity contribution in [2.45, 2.75) is 13.2 Å². The average Bonchev–Trinajstić information content (AvgIpc) is 2.30. The van der Waals surface area contributed by atoms with Gasteiger partial charge in [0.05, 0.1) is 15.0 Å². The number of ether oxygens (including phenoxy) is 1. The Kier molecular flexibility index (Phi) is 2.95. The monoisotopic (exact) mass is 206 g/mol. The van der Waals surface area contributed by atoms with E-state index < -0.39 is 0 Å². The molecule has 0 saturated carbocycles. The fourth-order valence-electron chi connectivity index (χ4n) is 2.14. The van der Waals surface area contributed by atoms with Crippen LogP contribution in [0.5, 0.6) is 5.75 Å². The van der Waals surface area contributed by atoms with Crippen LogP contribution in [0.1, 0.15) is 11.1 Å². The fraction of sp³-hybridized carbons (Fsp3) is 0.231. The molecular weight excluding hydrogens is 194 g/mol. The highest BCUT2D eigenvalue weighted by Crippen LogP contribution is 2.28. The molecule has 76 valence electrons. The molecule has 2 aromatic rings. The minimum Gasteiger partial charge on any atom is -0.497 e. The van der Waals surface area contributed by atoms with Gasteiger partial charge < -0.3 is 4.74 Å². The van der Waals surface area contributed by atoms with Gasteiger partial charge in [0.1, 0.15) is 13.6 Å². The van der Waals surface area contributed by atoms with Crippen LogP contribution in [-0.4, -0.2) is 22.8 Å². The highest BCUT2D eigenvalue weighted by atomic mass is 16.5. The lowest BCUT2D eigenvalue weighted by atomic mass is 9.78. The number of hydrogen-bond donors (Lipinski definition) is 0. The maximum absolute atomic E-state index is 6.07. The van der Waals surface area contributed by atoms with Crippen LogP contribution in [0.3, 0.4) is 0 Å². The lowest BCUT2D eigenvalue weighted by molar-refractivity contribution is 0.423. The molecule has 3 heteroatoms. The summed E-state index contributed by atoms with van der Waals surface area (Å²) < 4.78 is 5.38. The van der Waals surface area contributed by atoms with E-state index in [1.54, 1.807) is 7.11 Å². The molecule has 2 aromatic carbocycles. The molecule has 16 heavy (non-hydrogen) atoms. The summed E-state index contributed by atoms with van der Waals surface area (Å²) in [6, 6.07) is 8.06. The Morgan fingerprint density at radius 2 is 1.81 bits per heavy atom. The Labute approximate surface area is 98.6 Å². The predicted molar refractivity (Wildman–Crippen MR) is 70.1 cm³/mol. The molecule has 0 spiro atoms. The van der Waals surface area contributed by atoms with Gasteiger partial charge in [-0.3, -0.25) is 0 Å². The van der Waals surface area contributed by atoms with Crippen LogP contribution < -0.4 is 10.2 Å². The van der Waals surface area contributed by atoms with Crippen LogP contribution in [0, 0.1) is 6.92 Å². The third-order valence-electron chi connectivity index (χ3n) is 3.01. The summed E-state index contributed by atoms with van der Waals surface area (Å²) in [6.07, 6.45) is 0.429. The van der Waals surface area contributed by atoms with Crippen LogP contribution in [0.4, 0.5) is 0 Å². The van der Waals surface area contributed by atoms with Gasteiger partial charge in [-0.05, 0) is 17.9 Å². The Bertz CT molecular complexity index is 535. The first-order valence-corrected chi connectivity index (χ1v) is 5.24. The second-order valence-electron chi connectivity index (χ2n) is 3.80. The third kappa shape index (κ3) is 1.51. The molecule has 4 radical (unpaired) electrons. The molecule has 0 aliphatic rings. The number of aryl methyl sites for hydroxylation is 1. The molecular formula is C13H12B2O. The number of benzene rings is 2. The SMILES string of the molecule is [B]Cc1c([B])c(OC)c2ccccc2c1C. The molecule has 0 amide bonds. The summed E-state index contributed by atoms with van der Waals surface area (Å²) >= 11 is 0. The quantitative estimate of drug-likeness (QED) is 0.678. The van der Waals surface area contributed by atoms with Crippen molar-refractivity contribution in [2.75, 3.05) is 7.11 Å². The van der Waals surface area contributed by atoms with Crippen LogP contribution in [0.2, 0.25) is 0 Å². The van der Waals surface area contributed by atoms with E-state index in [1.165, 1.54) is 0 Å². The normalized spacial score (nSPS) is 10.6. The second kappa shape index (κ2) is 4.25. The van der Waals surface area contributed by atoms with E-state index in [1.807, 2.05) is 25.1 Å². The molecule has 0 fully saturated rings. The first kappa shape index (κ1) is 11.1. The van der Waals surface area contributed by atoms with Crippen molar-refractivity contribution in [1.82, 2.24) is 0 Å². The Morgan fingerprint density at radius 3 is 2.38 bits per heavy atom. The van der Waals surface area contributed by atoms with E-state index in [0.717, 1.165) is 27.6 Å². The van der Waals surface area contributed by atoms with E-state index in [9.17, 15) is 0 Å². The Balaban J connectivity index is 2.94. The van der Waals surface area contributed by atoms with Gasteiger partial charge in [-0.25, -0.2) is 0 Å². The first-order valence-electron chi connectivity index (χ1n) is 5.24. The lowest BCUT2D eigenvalue weighted by Gasteiger charge is -2.17. The number of rotatable bonds is 2. The minimum absolute atomic E-state index is 0.429. The molecule has 0 N–H and O–H groups in total. The van der Waals surface area contributed by atoms with E-state index in [2.05, 4.69) is 6.07 Å². The number of hydrogen-bond acceptors (Lipinski definition) is 1. The van der Waals surface area contributed by atoms with Crippen molar-refractivity contribution in [1.29, 1.82) is 0 Å². The zero-order valence-electron chi connectivity index (χ0n) is 9.58. The van der Waals surface area contributed by atoms with Crippen molar-refractivity contribution in [3.63, 3.8) is 0 Å². The van der Waals surface area contributed by atoms with Gasteiger partial charge in [0.25, 0.3) is 0 Å².